The van der Waals surface area contributed by atoms with E-state index in [1.165, 1.54) is 0 Å². The third-order valence-corrected chi connectivity index (χ3v) is 21.4. The molecule has 0 fully saturated rings. The lowest BCUT2D eigenvalue weighted by Crippen LogP contribution is -2.56. The summed E-state index contributed by atoms with van der Waals surface area (Å²) in [6.07, 6.45) is -27.6. The van der Waals surface area contributed by atoms with E-state index in [0.29, 0.717) is 0 Å². The Morgan fingerprint density at radius 3 is 0.780 bits per heavy atom. The Hall–Kier alpha value is -19.1. The maximum absolute atomic E-state index is 16.7. The van der Waals surface area contributed by atoms with Crippen LogP contribution in [0.3, 0.4) is 0 Å². The van der Waals surface area contributed by atoms with E-state index >= 15 is 28.8 Å². The number of hydrogen-bond acceptors (Lipinski definition) is 51. The predicted molar refractivity (Wildman–Crippen MR) is 409 cm³/mol. The van der Waals surface area contributed by atoms with Gasteiger partial charge in [-0.15, -0.1) is 0 Å². The Bertz CT molecular complexity index is 6870. The molecule has 684 valence electrons. The van der Waals surface area contributed by atoms with E-state index in [0.717, 1.165) is 0 Å². The van der Waals surface area contributed by atoms with Gasteiger partial charge in [0.05, 0.1) is 61.6 Å². The Balaban J connectivity index is 1.04. The molecule has 0 aromatic heterocycles. The molecule has 9 unspecified atom stereocenters. The number of esters is 10. The minimum atomic E-state index is -3.65. The van der Waals surface area contributed by atoms with Crippen molar-refractivity contribution in [3.05, 3.63) is 127 Å². The minimum Gasteiger partial charge on any atom is -0.504 e. The predicted octanol–water partition coefficient (Wildman–Crippen LogP) is 2.99. The number of rotatable bonds is 7. The van der Waals surface area contributed by atoms with Gasteiger partial charge in [0, 0.05) is 55.6 Å². The molecule has 5 aliphatic rings. The molecule has 0 radical (unpaired) electrons. The Morgan fingerprint density at radius 1 is 0.227 bits per heavy atom. The molecule has 9 atom stereocenters. The third kappa shape index (κ3) is 13.5. The van der Waals surface area contributed by atoms with Crippen molar-refractivity contribution in [2.75, 3.05) is 13.2 Å². The molecule has 31 N–H and O–H groups in total. The lowest BCUT2D eigenvalue weighted by molar-refractivity contribution is -0.185. The number of carbonyl (C=O) groups is 10. The van der Waals surface area contributed by atoms with Gasteiger partial charge < -0.3 is 206 Å². The molecule has 0 spiro atoms. The van der Waals surface area contributed by atoms with Gasteiger partial charge in [0.25, 0.3) is 0 Å². The fourth-order valence-corrected chi connectivity index (χ4v) is 15.3. The SMILES string of the molecule is O=C(OC1COC(=O)c2c(c(O)c(O)c(O)c2C2c3c(O)c(O)c(O)c4c3C(=O)OC2C(C2OC(=O)c3cc(O)c(O)c(O)c3-c3c(cc(O)c(O)c3O)C(=O)OCC2OC(=O)c2cc(O)c(O)c(O)c2)OC(=O)c2cc(O)c(O)c(O)c2-4)-c2c(cc(O)c(O)c2O)C(=O)OC1C1OC(=O)c2cc(O)c(O)c(O)c2-c2c(cc(O)c(O)c2O)C(=O)OC1O)c1cc(O)c(O)c(O)c1. The molecule has 10 aromatic carbocycles. The zero-order valence-electron chi connectivity index (χ0n) is 64.4. The number of hydrogen-bond donors (Lipinski definition) is 31. The summed E-state index contributed by atoms with van der Waals surface area (Å²) in [7, 11) is 0. The second-order valence-electron chi connectivity index (χ2n) is 28.9. The van der Waals surface area contributed by atoms with E-state index in [-0.39, 0.29) is 60.7 Å². The molecule has 51 heteroatoms. The van der Waals surface area contributed by atoms with Crippen molar-refractivity contribution < 1.29 is 254 Å². The van der Waals surface area contributed by atoms with Crippen molar-refractivity contribution in [3.8, 4) is 217 Å². The molecular weight excluding hydrogens is 1790 g/mol. The quantitative estimate of drug-likeness (QED) is 0.0619. The number of phenolic OH excluding ortho intramolecular Hbond substituents is 30. The summed E-state index contributed by atoms with van der Waals surface area (Å²) in [5.41, 5.74) is -32.2. The molecule has 5 aliphatic heterocycles. The molecule has 5 heterocycles. The van der Waals surface area contributed by atoms with Crippen LogP contribution >= 0.6 is 0 Å². The zero-order valence-corrected chi connectivity index (χ0v) is 64.4. The van der Waals surface area contributed by atoms with Crippen LogP contribution in [0.1, 0.15) is 121 Å². The molecular formula is C81H54O51. The van der Waals surface area contributed by atoms with Crippen LogP contribution in [-0.4, -0.2) is 280 Å². The molecule has 0 saturated heterocycles. The summed E-state index contributed by atoms with van der Waals surface area (Å²) in [6, 6.07) is 1.79. The minimum absolute atomic E-state index is 0.0638. The third-order valence-electron chi connectivity index (χ3n) is 21.4. The Kier molecular flexibility index (Phi) is 20.8. The smallest absolute Gasteiger partial charge is 0.341 e. The van der Waals surface area contributed by atoms with Gasteiger partial charge in [-0.25, -0.2) is 47.9 Å². The number of benzene rings is 10. The number of phenols is 30. The molecule has 15 rings (SSSR count). The van der Waals surface area contributed by atoms with Crippen molar-refractivity contribution in [1.29, 1.82) is 0 Å². The summed E-state index contributed by atoms with van der Waals surface area (Å²) < 4.78 is 57.1. The van der Waals surface area contributed by atoms with Crippen LogP contribution in [0, 0.1) is 0 Å². The fraction of sp³-hybridized carbons (Fsp3) is 0.136. The molecule has 0 amide bonds. The maximum Gasteiger partial charge on any atom is 0.341 e. The highest BCUT2D eigenvalue weighted by molar-refractivity contribution is 6.15. The first-order chi connectivity index (χ1) is 62.0. The van der Waals surface area contributed by atoms with Crippen molar-refractivity contribution in [2.24, 2.45) is 0 Å². The number of fused-ring (bicyclic) bond motifs is 13. The van der Waals surface area contributed by atoms with Crippen LogP contribution < -0.4 is 0 Å². The molecule has 2 bridgehead atoms. The number of aliphatic hydroxyl groups is 1. The number of aromatic hydroxyl groups is 30. The van der Waals surface area contributed by atoms with Gasteiger partial charge in [0.1, 0.15) is 13.2 Å². The lowest BCUT2D eigenvalue weighted by Gasteiger charge is -2.43. The van der Waals surface area contributed by atoms with Gasteiger partial charge in [-0.1, -0.05) is 0 Å². The Labute approximate surface area is 723 Å². The van der Waals surface area contributed by atoms with Crippen LogP contribution in [0.15, 0.2) is 60.7 Å². The average molecular weight is 1840 g/mol. The topological polar surface area (TPSA) is 890 Å². The van der Waals surface area contributed by atoms with E-state index in [9.17, 15) is 177 Å². The first-order valence-electron chi connectivity index (χ1n) is 36.5. The molecule has 0 saturated carbocycles. The van der Waals surface area contributed by atoms with Crippen LogP contribution in [0.5, 0.6) is 172 Å². The zero-order chi connectivity index (χ0) is 96.4. The summed E-state index contributed by atoms with van der Waals surface area (Å²) in [4.78, 5) is 155. The highest BCUT2D eigenvalue weighted by Gasteiger charge is 2.59. The fourth-order valence-electron chi connectivity index (χ4n) is 15.3. The summed E-state index contributed by atoms with van der Waals surface area (Å²) >= 11 is 0. The summed E-state index contributed by atoms with van der Waals surface area (Å²) in [6.45, 7) is -4.22. The van der Waals surface area contributed by atoms with E-state index in [1.807, 2.05) is 0 Å². The van der Waals surface area contributed by atoms with Gasteiger partial charge in [0.2, 0.25) is 58.4 Å². The maximum atomic E-state index is 16.7. The standard InChI is InChI=1S/C81H54O51/c82-21-1-13(2-22(83)46(21)92)71(112)125-31-11-123-73(114)15-5-25(86)48(94)54(100)33(15)34-16(6-26(87)49(95)55(34)101)74(115)127-66(31)69-68-43(42-45(80(121)129-68)40(61(107)65(111)63(42)109)38-20(76(117)130-69)10-30(91)53(99)59(38)105)41-44-39(60(106)64(110)62(41)108)37-19(9-29(90)52(98)58(37)104)75(116)128-67(32(12-124-79(44)120)126-72(113)14-3-23(84)47(93)24(85)4-14)70-81(122)132-78(119)18-8-28(89)51(97)57(103)36(18)35-17(77(118)131-70)7-27(88)50(96)56(35)102/h1-10,31-32,43,66-70,81-111,122H,11-12H2. The lowest BCUT2D eigenvalue weighted by atomic mass is 9.72. The summed E-state index contributed by atoms with van der Waals surface area (Å²) in [5.74, 6) is -78.9. The molecule has 51 nitrogen and oxygen atoms in total. The van der Waals surface area contributed by atoms with Crippen LogP contribution in [0.2, 0.25) is 0 Å². The monoisotopic (exact) mass is 1840 g/mol. The normalized spacial score (nSPS) is 19.3. The van der Waals surface area contributed by atoms with Crippen LogP contribution in [0.4, 0.5) is 0 Å². The number of aliphatic hydroxyl groups excluding tert-OH is 1. The average Bonchev–Trinajstić information content (AvgIpc) is 0.771. The van der Waals surface area contributed by atoms with Gasteiger partial charge >= 0.3 is 59.7 Å². The largest absolute Gasteiger partial charge is 0.504 e. The Morgan fingerprint density at radius 2 is 0.462 bits per heavy atom. The van der Waals surface area contributed by atoms with Crippen molar-refractivity contribution in [1.82, 2.24) is 0 Å². The molecule has 10 aromatic rings. The van der Waals surface area contributed by atoms with Gasteiger partial charge in [-0.05, 0) is 60.7 Å². The van der Waals surface area contributed by atoms with Crippen molar-refractivity contribution in [3.63, 3.8) is 0 Å². The highest BCUT2D eigenvalue weighted by atomic mass is 16.7. The van der Waals surface area contributed by atoms with E-state index < -0.39 is 412 Å². The number of ether oxygens (including phenoxy) is 10. The summed E-state index contributed by atoms with van der Waals surface area (Å²) in [5, 5.41) is 355. The number of cyclic esters (lactones) is 7. The highest BCUT2D eigenvalue weighted by Crippen LogP contribution is 2.65. The second kappa shape index (κ2) is 31.2. The van der Waals surface area contributed by atoms with Crippen LogP contribution in [-0.2, 0) is 47.4 Å². The van der Waals surface area contributed by atoms with Gasteiger partial charge in [-0.3, -0.25) is 0 Å². The molecule has 132 heavy (non-hydrogen) atoms. The van der Waals surface area contributed by atoms with E-state index in [2.05, 4.69) is 0 Å². The number of carbonyl (C=O) groups excluding carboxylic acids is 10. The van der Waals surface area contributed by atoms with E-state index in [1.54, 1.807) is 0 Å². The molecule has 0 aliphatic carbocycles. The van der Waals surface area contributed by atoms with E-state index in [4.69, 9.17) is 47.4 Å². The van der Waals surface area contributed by atoms with Crippen molar-refractivity contribution >= 4 is 59.7 Å². The van der Waals surface area contributed by atoms with Gasteiger partial charge in [-0.2, -0.15) is 0 Å². The first-order valence-corrected chi connectivity index (χ1v) is 36.5. The van der Waals surface area contributed by atoms with Gasteiger partial charge in [0.15, 0.2) is 163 Å². The first kappa shape index (κ1) is 87.7. The van der Waals surface area contributed by atoms with Crippen LogP contribution in [0.25, 0.3) is 44.5 Å². The second-order valence-corrected chi connectivity index (χ2v) is 28.9. The van der Waals surface area contributed by atoms with Crippen molar-refractivity contribution in [2.45, 2.75) is 54.9 Å².